The zero-order valence-corrected chi connectivity index (χ0v) is 16.2. The van der Waals surface area contributed by atoms with Gasteiger partial charge < -0.3 is 15.4 Å². The molecule has 0 bridgehead atoms. The zero-order chi connectivity index (χ0) is 19.4. The quantitative estimate of drug-likeness (QED) is 0.554. The number of thioether (sulfide) groups is 1. The number of urea groups is 1. The van der Waals surface area contributed by atoms with Crippen molar-refractivity contribution in [3.8, 4) is 0 Å². The predicted octanol–water partition coefficient (Wildman–Crippen LogP) is 1.83. The number of carbonyl (C=O) groups excluding carboxylic acids is 2. The van der Waals surface area contributed by atoms with Crippen LogP contribution in [-0.2, 0) is 16.6 Å². The average Bonchev–Trinajstić information content (AvgIpc) is 3.05. The van der Waals surface area contributed by atoms with Crippen molar-refractivity contribution in [1.82, 2.24) is 30.8 Å². The fraction of sp³-hybridized carbons (Fsp3) is 0.312. The number of ether oxygens (including phenoxy) is 1. The Labute approximate surface area is 164 Å². The fourth-order valence-electron chi connectivity index (χ4n) is 2.60. The predicted molar refractivity (Wildman–Crippen MR) is 99.0 cm³/mol. The summed E-state index contributed by atoms with van der Waals surface area (Å²) in [5, 5.41) is 17.7. The Bertz CT molecular complexity index is 900. The molecule has 0 aliphatic carbocycles. The van der Waals surface area contributed by atoms with Gasteiger partial charge in [-0.2, -0.15) is 0 Å². The molecular formula is C16H17ClN6O3S. The van der Waals surface area contributed by atoms with Gasteiger partial charge in [-0.3, -0.25) is 0 Å². The van der Waals surface area contributed by atoms with E-state index in [2.05, 4.69) is 26.2 Å². The minimum atomic E-state index is -0.722. The maximum atomic E-state index is 12.7. The Hall–Kier alpha value is -2.59. The van der Waals surface area contributed by atoms with Crippen molar-refractivity contribution in [2.24, 2.45) is 7.05 Å². The van der Waals surface area contributed by atoms with Crippen LogP contribution in [0.3, 0.4) is 0 Å². The van der Waals surface area contributed by atoms with E-state index in [0.717, 1.165) is 0 Å². The van der Waals surface area contributed by atoms with Gasteiger partial charge in [0.05, 0.1) is 18.2 Å². The lowest BCUT2D eigenvalue weighted by Crippen LogP contribution is -2.46. The van der Waals surface area contributed by atoms with Crippen LogP contribution in [0.1, 0.15) is 18.5 Å². The van der Waals surface area contributed by atoms with Crippen LogP contribution in [-0.4, -0.2) is 44.6 Å². The van der Waals surface area contributed by atoms with Crippen LogP contribution in [0.15, 0.2) is 40.7 Å². The van der Waals surface area contributed by atoms with E-state index < -0.39 is 18.0 Å². The number of nitrogens with one attached hydrogen (secondary N) is 2. The molecule has 1 aliphatic heterocycles. The first-order valence-corrected chi connectivity index (χ1v) is 9.44. The van der Waals surface area contributed by atoms with Crippen molar-refractivity contribution in [2.75, 3.05) is 12.4 Å². The highest BCUT2D eigenvalue weighted by Gasteiger charge is 2.34. The standard InChI is InChI=1S/C16H17ClN6O3S/c1-3-26-14(24)12-11(8-27-16-20-21-22-23(16)2)18-15(25)19-13(12)9-6-4-5-7-10(9)17/h4-7,13H,3,8H2,1-2H3,(H2,18,19,25). The number of amides is 2. The molecule has 1 aromatic heterocycles. The van der Waals surface area contributed by atoms with Gasteiger partial charge in [-0.05, 0) is 29.0 Å². The van der Waals surface area contributed by atoms with E-state index in [0.29, 0.717) is 27.0 Å². The van der Waals surface area contributed by atoms with Crippen LogP contribution in [0.4, 0.5) is 4.79 Å². The van der Waals surface area contributed by atoms with Gasteiger partial charge in [0.25, 0.3) is 0 Å². The number of aryl methyl sites for hydroxylation is 1. The third-order valence-corrected chi connectivity index (χ3v) is 5.17. The second kappa shape index (κ2) is 8.40. The molecular weight excluding hydrogens is 392 g/mol. The molecule has 2 N–H and O–H groups in total. The number of benzene rings is 1. The first-order valence-electron chi connectivity index (χ1n) is 8.08. The molecule has 0 fully saturated rings. The van der Waals surface area contributed by atoms with Crippen LogP contribution in [0.25, 0.3) is 0 Å². The summed E-state index contributed by atoms with van der Waals surface area (Å²) in [5.41, 5.74) is 1.34. The van der Waals surface area contributed by atoms with Crippen molar-refractivity contribution in [3.63, 3.8) is 0 Å². The Kier molecular flexibility index (Phi) is 5.97. The monoisotopic (exact) mass is 408 g/mol. The lowest BCUT2D eigenvalue weighted by atomic mass is 9.95. The summed E-state index contributed by atoms with van der Waals surface area (Å²) >= 11 is 7.59. The van der Waals surface area contributed by atoms with Crippen LogP contribution in [0, 0.1) is 0 Å². The second-order valence-electron chi connectivity index (χ2n) is 5.54. The van der Waals surface area contributed by atoms with E-state index in [4.69, 9.17) is 16.3 Å². The number of hydrogen-bond donors (Lipinski definition) is 2. The number of carbonyl (C=O) groups is 2. The summed E-state index contributed by atoms with van der Waals surface area (Å²) in [6, 6.07) is 5.88. The van der Waals surface area contributed by atoms with Gasteiger partial charge in [-0.1, -0.05) is 41.6 Å². The summed E-state index contributed by atoms with van der Waals surface area (Å²) in [7, 11) is 1.70. The number of esters is 1. The van der Waals surface area contributed by atoms with Crippen LogP contribution in [0.5, 0.6) is 0 Å². The van der Waals surface area contributed by atoms with E-state index in [1.54, 1.807) is 38.2 Å². The minimum Gasteiger partial charge on any atom is -0.463 e. The van der Waals surface area contributed by atoms with Gasteiger partial charge >= 0.3 is 12.0 Å². The Morgan fingerprint density at radius 2 is 2.19 bits per heavy atom. The summed E-state index contributed by atoms with van der Waals surface area (Å²) in [4.78, 5) is 24.9. The largest absolute Gasteiger partial charge is 0.463 e. The smallest absolute Gasteiger partial charge is 0.338 e. The first-order chi connectivity index (χ1) is 13.0. The Balaban J connectivity index is 2.00. The second-order valence-corrected chi connectivity index (χ2v) is 6.89. The van der Waals surface area contributed by atoms with Crippen LogP contribution < -0.4 is 10.6 Å². The highest BCUT2D eigenvalue weighted by Crippen LogP contribution is 2.33. The SMILES string of the molecule is CCOC(=O)C1=C(CSc2nnnn2C)NC(=O)NC1c1ccccc1Cl. The van der Waals surface area contributed by atoms with Crippen LogP contribution in [0.2, 0.25) is 5.02 Å². The van der Waals surface area contributed by atoms with Gasteiger partial charge in [0.1, 0.15) is 0 Å². The molecule has 1 aromatic carbocycles. The lowest BCUT2D eigenvalue weighted by molar-refractivity contribution is -0.139. The van der Waals surface area contributed by atoms with Gasteiger partial charge in [0.15, 0.2) is 0 Å². The summed E-state index contributed by atoms with van der Waals surface area (Å²) in [6.45, 7) is 1.93. The van der Waals surface area contributed by atoms with Gasteiger partial charge in [0, 0.05) is 23.5 Å². The van der Waals surface area contributed by atoms with E-state index in [1.807, 2.05) is 0 Å². The number of aromatic nitrogens is 4. The minimum absolute atomic E-state index is 0.207. The maximum Gasteiger partial charge on any atom is 0.338 e. The first kappa shape index (κ1) is 19.2. The highest BCUT2D eigenvalue weighted by atomic mass is 35.5. The van der Waals surface area contributed by atoms with E-state index in [-0.39, 0.29) is 12.4 Å². The van der Waals surface area contributed by atoms with Crippen molar-refractivity contribution < 1.29 is 14.3 Å². The van der Waals surface area contributed by atoms with Gasteiger partial charge in [0.2, 0.25) is 5.16 Å². The zero-order valence-electron chi connectivity index (χ0n) is 14.6. The third kappa shape index (κ3) is 4.22. The molecule has 1 atom stereocenters. The highest BCUT2D eigenvalue weighted by molar-refractivity contribution is 7.99. The van der Waals surface area contributed by atoms with E-state index in [1.165, 1.54) is 16.4 Å². The molecule has 3 rings (SSSR count). The van der Waals surface area contributed by atoms with E-state index in [9.17, 15) is 9.59 Å². The lowest BCUT2D eigenvalue weighted by Gasteiger charge is -2.29. The number of hydrogen-bond acceptors (Lipinski definition) is 7. The summed E-state index contributed by atoms with van der Waals surface area (Å²) < 4.78 is 6.72. The average molecular weight is 409 g/mol. The van der Waals surface area contributed by atoms with E-state index >= 15 is 0 Å². The molecule has 2 amide bonds. The maximum absolute atomic E-state index is 12.7. The van der Waals surface area contributed by atoms with Gasteiger partial charge in [-0.15, -0.1) is 5.10 Å². The molecule has 0 spiro atoms. The molecule has 1 unspecified atom stereocenters. The molecule has 2 heterocycles. The van der Waals surface area contributed by atoms with Crippen molar-refractivity contribution in [3.05, 3.63) is 46.1 Å². The van der Waals surface area contributed by atoms with Crippen molar-refractivity contribution >= 4 is 35.4 Å². The number of rotatable bonds is 6. The summed E-state index contributed by atoms with van der Waals surface area (Å²) in [6.07, 6.45) is 0. The number of nitrogens with zero attached hydrogens (tertiary/aromatic N) is 4. The van der Waals surface area contributed by atoms with Crippen molar-refractivity contribution in [1.29, 1.82) is 0 Å². The molecule has 11 heteroatoms. The fourth-order valence-corrected chi connectivity index (χ4v) is 3.67. The van der Waals surface area contributed by atoms with Gasteiger partial charge in [-0.25, -0.2) is 14.3 Å². The molecule has 0 radical (unpaired) electrons. The molecule has 0 saturated carbocycles. The normalized spacial score (nSPS) is 16.7. The number of halogens is 1. The molecule has 27 heavy (non-hydrogen) atoms. The molecule has 9 nitrogen and oxygen atoms in total. The van der Waals surface area contributed by atoms with Crippen molar-refractivity contribution in [2.45, 2.75) is 18.1 Å². The molecule has 142 valence electrons. The Morgan fingerprint density at radius 3 is 2.85 bits per heavy atom. The molecule has 0 saturated heterocycles. The van der Waals surface area contributed by atoms with Crippen LogP contribution >= 0.6 is 23.4 Å². The number of tetrazole rings is 1. The third-order valence-electron chi connectivity index (χ3n) is 3.79. The topological polar surface area (TPSA) is 111 Å². The Morgan fingerprint density at radius 1 is 1.41 bits per heavy atom. The molecule has 1 aliphatic rings. The molecule has 2 aromatic rings. The summed E-state index contributed by atoms with van der Waals surface area (Å²) in [5.74, 6) is -0.252.